The second-order valence-corrected chi connectivity index (χ2v) is 6.51. The highest BCUT2D eigenvalue weighted by Crippen LogP contribution is 2.28. The largest absolute Gasteiger partial charge is 0.374 e. The SMILES string of the molecule is Cc1nn(CC(=O)N2CCO[C@H]3CCCC[C@H]32)c(=O)c(C#N)c1C. The lowest BCUT2D eigenvalue weighted by atomic mass is 9.90. The molecule has 3 rings (SSSR count). The van der Waals surface area contributed by atoms with Gasteiger partial charge in [0.2, 0.25) is 5.91 Å². The summed E-state index contributed by atoms with van der Waals surface area (Å²) < 4.78 is 6.91. The Morgan fingerprint density at radius 2 is 2.12 bits per heavy atom. The van der Waals surface area contributed by atoms with Crippen LogP contribution in [0.25, 0.3) is 0 Å². The fraction of sp³-hybridized carbons (Fsp3) is 0.647. The highest BCUT2D eigenvalue weighted by Gasteiger charge is 2.36. The van der Waals surface area contributed by atoms with Crippen LogP contribution < -0.4 is 5.56 Å². The summed E-state index contributed by atoms with van der Waals surface area (Å²) in [6.45, 7) is 4.39. The number of nitriles is 1. The monoisotopic (exact) mass is 330 g/mol. The van der Waals surface area contributed by atoms with E-state index in [0.717, 1.165) is 30.4 Å². The molecule has 7 nitrogen and oxygen atoms in total. The molecule has 0 spiro atoms. The Morgan fingerprint density at radius 1 is 1.38 bits per heavy atom. The van der Waals surface area contributed by atoms with Crippen LogP contribution in [0.3, 0.4) is 0 Å². The molecule has 1 aromatic heterocycles. The van der Waals surface area contributed by atoms with Gasteiger partial charge in [-0.2, -0.15) is 10.4 Å². The molecule has 0 aromatic carbocycles. The van der Waals surface area contributed by atoms with Crippen LogP contribution in [-0.2, 0) is 16.1 Å². The van der Waals surface area contributed by atoms with Crippen LogP contribution >= 0.6 is 0 Å². The van der Waals surface area contributed by atoms with E-state index in [1.165, 1.54) is 0 Å². The molecule has 128 valence electrons. The number of amides is 1. The molecule has 24 heavy (non-hydrogen) atoms. The third kappa shape index (κ3) is 2.94. The van der Waals surface area contributed by atoms with Gasteiger partial charge in [-0.3, -0.25) is 9.59 Å². The van der Waals surface area contributed by atoms with Crippen LogP contribution in [-0.4, -0.2) is 45.9 Å². The Bertz CT molecular complexity index is 747. The topological polar surface area (TPSA) is 88.2 Å². The van der Waals surface area contributed by atoms with E-state index in [-0.39, 0.29) is 30.2 Å². The van der Waals surface area contributed by atoms with Crippen molar-refractivity contribution in [1.29, 1.82) is 5.26 Å². The summed E-state index contributed by atoms with van der Waals surface area (Å²) in [5, 5.41) is 13.4. The third-order valence-corrected chi connectivity index (χ3v) is 5.09. The Morgan fingerprint density at radius 3 is 2.88 bits per heavy atom. The molecule has 2 fully saturated rings. The first-order valence-electron chi connectivity index (χ1n) is 8.42. The van der Waals surface area contributed by atoms with Gasteiger partial charge in [-0.1, -0.05) is 12.8 Å². The maximum Gasteiger partial charge on any atom is 0.285 e. The van der Waals surface area contributed by atoms with Crippen LogP contribution in [0.1, 0.15) is 42.5 Å². The molecule has 1 aliphatic heterocycles. The minimum atomic E-state index is -0.498. The van der Waals surface area contributed by atoms with E-state index >= 15 is 0 Å². The number of hydrogen-bond donors (Lipinski definition) is 0. The number of rotatable bonds is 2. The minimum absolute atomic E-state index is 0.0628. The van der Waals surface area contributed by atoms with Crippen LogP contribution in [0, 0.1) is 25.2 Å². The van der Waals surface area contributed by atoms with Gasteiger partial charge in [0, 0.05) is 6.54 Å². The Balaban J connectivity index is 1.84. The molecule has 1 saturated heterocycles. The maximum atomic E-state index is 12.8. The number of ether oxygens (including phenoxy) is 1. The summed E-state index contributed by atoms with van der Waals surface area (Å²) in [6, 6.07) is 2.02. The number of fused-ring (bicyclic) bond motifs is 1. The van der Waals surface area contributed by atoms with Crippen molar-refractivity contribution in [3.8, 4) is 6.07 Å². The number of hydrogen-bond acceptors (Lipinski definition) is 5. The molecule has 1 amide bonds. The van der Waals surface area contributed by atoms with E-state index in [1.807, 2.05) is 11.0 Å². The van der Waals surface area contributed by atoms with E-state index in [9.17, 15) is 14.9 Å². The average Bonchev–Trinajstić information content (AvgIpc) is 2.59. The zero-order chi connectivity index (χ0) is 17.3. The summed E-state index contributed by atoms with van der Waals surface area (Å²) in [5.41, 5.74) is 0.733. The lowest BCUT2D eigenvalue weighted by Gasteiger charge is -2.43. The van der Waals surface area contributed by atoms with Gasteiger partial charge in [0.05, 0.1) is 24.4 Å². The van der Waals surface area contributed by atoms with Gasteiger partial charge in [0.1, 0.15) is 18.2 Å². The smallest absolute Gasteiger partial charge is 0.285 e. The quantitative estimate of drug-likeness (QED) is 0.804. The van der Waals surface area contributed by atoms with Gasteiger partial charge in [0.15, 0.2) is 0 Å². The first-order valence-corrected chi connectivity index (χ1v) is 8.42. The normalized spacial score (nSPS) is 23.5. The van der Waals surface area contributed by atoms with Crippen molar-refractivity contribution in [3.63, 3.8) is 0 Å². The molecule has 2 aliphatic rings. The number of aryl methyl sites for hydroxylation is 1. The average molecular weight is 330 g/mol. The van der Waals surface area contributed by atoms with Crippen molar-refractivity contribution in [3.05, 3.63) is 27.2 Å². The number of carbonyl (C=O) groups is 1. The molecule has 0 bridgehead atoms. The maximum absolute atomic E-state index is 12.8. The van der Waals surface area contributed by atoms with Crippen molar-refractivity contribution >= 4 is 5.91 Å². The molecule has 0 N–H and O–H groups in total. The Labute approximate surface area is 140 Å². The second kappa shape index (κ2) is 6.73. The van der Waals surface area contributed by atoms with Gasteiger partial charge in [-0.25, -0.2) is 4.68 Å². The fourth-order valence-electron chi connectivity index (χ4n) is 3.64. The van der Waals surface area contributed by atoms with Crippen molar-refractivity contribution < 1.29 is 9.53 Å². The van der Waals surface area contributed by atoms with Crippen LogP contribution in [0.2, 0.25) is 0 Å². The molecule has 0 radical (unpaired) electrons. The predicted molar refractivity (Wildman–Crippen MR) is 86.4 cm³/mol. The zero-order valence-electron chi connectivity index (χ0n) is 14.1. The van der Waals surface area contributed by atoms with Gasteiger partial charge >= 0.3 is 0 Å². The van der Waals surface area contributed by atoms with Crippen molar-refractivity contribution in [2.75, 3.05) is 13.2 Å². The number of aromatic nitrogens is 2. The van der Waals surface area contributed by atoms with Crippen molar-refractivity contribution in [2.24, 2.45) is 0 Å². The van der Waals surface area contributed by atoms with E-state index < -0.39 is 5.56 Å². The van der Waals surface area contributed by atoms with Crippen LogP contribution in [0.15, 0.2) is 4.79 Å². The van der Waals surface area contributed by atoms with E-state index in [4.69, 9.17) is 4.74 Å². The number of nitrogens with zero attached hydrogens (tertiary/aromatic N) is 4. The Kier molecular flexibility index (Phi) is 4.67. The molecule has 1 saturated carbocycles. The van der Waals surface area contributed by atoms with Crippen molar-refractivity contribution in [2.45, 2.75) is 58.2 Å². The Hall–Kier alpha value is -2.20. The van der Waals surface area contributed by atoms with Gasteiger partial charge in [0.25, 0.3) is 5.56 Å². The first-order chi connectivity index (χ1) is 11.5. The van der Waals surface area contributed by atoms with Gasteiger partial charge in [-0.15, -0.1) is 0 Å². The number of morpholine rings is 1. The molecular weight excluding hydrogens is 308 g/mol. The lowest BCUT2D eigenvalue weighted by Crippen LogP contribution is -2.56. The van der Waals surface area contributed by atoms with Crippen LogP contribution in [0.4, 0.5) is 0 Å². The fourth-order valence-corrected chi connectivity index (χ4v) is 3.64. The molecule has 7 heteroatoms. The zero-order valence-corrected chi connectivity index (χ0v) is 14.1. The van der Waals surface area contributed by atoms with Gasteiger partial charge in [-0.05, 0) is 32.3 Å². The summed E-state index contributed by atoms with van der Waals surface area (Å²) in [6.07, 6.45) is 4.25. The highest BCUT2D eigenvalue weighted by atomic mass is 16.5. The summed E-state index contributed by atoms with van der Waals surface area (Å²) >= 11 is 0. The summed E-state index contributed by atoms with van der Waals surface area (Å²) in [4.78, 5) is 27.0. The lowest BCUT2D eigenvalue weighted by molar-refractivity contribution is -0.150. The van der Waals surface area contributed by atoms with E-state index in [2.05, 4.69) is 5.10 Å². The summed E-state index contributed by atoms with van der Waals surface area (Å²) in [7, 11) is 0. The van der Waals surface area contributed by atoms with E-state index in [0.29, 0.717) is 24.4 Å². The minimum Gasteiger partial charge on any atom is -0.374 e. The number of carbonyl (C=O) groups excluding carboxylic acids is 1. The molecule has 0 unspecified atom stereocenters. The molecule has 1 aromatic rings. The van der Waals surface area contributed by atoms with Crippen LogP contribution in [0.5, 0.6) is 0 Å². The molecule has 1 aliphatic carbocycles. The molecule has 2 heterocycles. The second-order valence-electron chi connectivity index (χ2n) is 6.51. The van der Waals surface area contributed by atoms with Crippen molar-refractivity contribution in [1.82, 2.24) is 14.7 Å². The van der Waals surface area contributed by atoms with Gasteiger partial charge < -0.3 is 9.64 Å². The highest BCUT2D eigenvalue weighted by molar-refractivity contribution is 5.76. The summed E-state index contributed by atoms with van der Waals surface area (Å²) in [5.74, 6) is -0.128. The predicted octanol–water partition coefficient (Wildman–Crippen LogP) is 0.902. The van der Waals surface area contributed by atoms with E-state index in [1.54, 1.807) is 13.8 Å². The third-order valence-electron chi connectivity index (χ3n) is 5.09. The standard InChI is InChI=1S/C17H22N4O3/c1-11-12(2)19-21(17(23)13(11)9-18)10-16(22)20-7-8-24-15-6-4-3-5-14(15)20/h14-15H,3-8,10H2,1-2H3/t14-,15+/m1/s1. The molecular formula is C17H22N4O3. The first kappa shape index (κ1) is 16.7. The molecule has 2 atom stereocenters.